The van der Waals surface area contributed by atoms with Gasteiger partial charge in [0.15, 0.2) is 6.29 Å². The smallest absolute Gasteiger partial charge is 0.857 e. The molecule has 1 aliphatic carbocycles. The van der Waals surface area contributed by atoms with Crippen molar-refractivity contribution in [2.45, 2.75) is 51.7 Å². The second kappa shape index (κ2) is 35.4. The maximum Gasteiger partial charge on any atom is 2.00 e. The molecular formula is C22H55Cu2N4O3+. The molecule has 0 aromatic heterocycles. The van der Waals surface area contributed by atoms with E-state index in [1.807, 2.05) is 26.0 Å². The van der Waals surface area contributed by atoms with E-state index >= 15 is 0 Å². The van der Waals surface area contributed by atoms with Gasteiger partial charge in [0.25, 0.3) is 0 Å². The summed E-state index contributed by atoms with van der Waals surface area (Å²) in [4.78, 5) is 8.55. The van der Waals surface area contributed by atoms with Gasteiger partial charge in [-0.25, -0.2) is 0 Å². The van der Waals surface area contributed by atoms with Crippen LogP contribution in [0.3, 0.4) is 0 Å². The van der Waals surface area contributed by atoms with Crippen molar-refractivity contribution >= 4 is 0 Å². The molecule has 202 valence electrons. The Balaban J connectivity index is -0.0000000670. The van der Waals surface area contributed by atoms with Crippen molar-refractivity contribution in [3.05, 3.63) is 0 Å². The molecule has 9 heteroatoms. The van der Waals surface area contributed by atoms with E-state index in [0.29, 0.717) is 0 Å². The molecule has 0 aromatic rings. The second-order valence-corrected chi connectivity index (χ2v) is 8.51. The van der Waals surface area contributed by atoms with Gasteiger partial charge in [-0.3, -0.25) is 0 Å². The topological polar surface area (TPSA) is 76.5 Å². The van der Waals surface area contributed by atoms with Crippen molar-refractivity contribution in [1.29, 1.82) is 0 Å². The van der Waals surface area contributed by atoms with Crippen LogP contribution in [0, 0.1) is 5.92 Å². The predicted molar refractivity (Wildman–Crippen MR) is 126 cm³/mol. The summed E-state index contributed by atoms with van der Waals surface area (Å²) < 4.78 is 0. The molecule has 2 N–H and O–H groups in total. The third-order valence-corrected chi connectivity index (χ3v) is 3.91. The maximum atomic E-state index is 8.73. The standard InChI is InChI=1S/C7H18N2.C7H14O2.C4H11N.C3H9N.CH3O.2Cu/c1-8(2)6-5-7-9(3)4;8-7(9)6-4-2-1-3-5-6;1-4-5(2)3;1-4(2)3;1-2;;/h5-7H2,1-4H3;6-9H,1-5H2;4H2,1-3H3;1-3H3;1H3;;/q;;;;-1;;+2. The summed E-state index contributed by atoms with van der Waals surface area (Å²) in [6.07, 6.45) is 5.80. The Hall–Kier alpha value is 0.759. The molecule has 0 saturated heterocycles. The van der Waals surface area contributed by atoms with Crippen LogP contribution in [0.2, 0.25) is 0 Å². The molecule has 0 amide bonds. The molecule has 0 spiro atoms. The van der Waals surface area contributed by atoms with Gasteiger partial charge >= 0.3 is 17.1 Å². The van der Waals surface area contributed by atoms with Gasteiger partial charge in [-0.05, 0) is 102 Å². The zero-order valence-corrected chi connectivity index (χ0v) is 24.1. The zero-order chi connectivity index (χ0) is 23.8. The van der Waals surface area contributed by atoms with Crippen molar-refractivity contribution in [3.8, 4) is 0 Å². The molecule has 1 rings (SSSR count). The monoisotopic (exact) mass is 549 g/mol. The molecular weight excluding hydrogens is 495 g/mol. The van der Waals surface area contributed by atoms with Gasteiger partial charge in [-0.2, -0.15) is 7.11 Å². The quantitative estimate of drug-likeness (QED) is 0.379. The van der Waals surface area contributed by atoms with E-state index in [-0.39, 0.29) is 40.1 Å². The average Bonchev–Trinajstić information content (AvgIpc) is 2.64. The summed E-state index contributed by atoms with van der Waals surface area (Å²) in [6, 6.07) is 0. The summed E-state index contributed by atoms with van der Waals surface area (Å²) in [7, 11) is 19.3. The molecule has 0 unspecified atom stereocenters. The van der Waals surface area contributed by atoms with E-state index < -0.39 is 6.29 Å². The third-order valence-electron chi connectivity index (χ3n) is 3.91. The van der Waals surface area contributed by atoms with Crippen molar-refractivity contribution in [3.63, 3.8) is 0 Å². The molecule has 1 fully saturated rings. The number of nitrogens with zero attached hydrogens (tertiary/aromatic N) is 4. The molecule has 31 heavy (non-hydrogen) atoms. The van der Waals surface area contributed by atoms with Crippen LogP contribution in [0.15, 0.2) is 0 Å². The van der Waals surface area contributed by atoms with Crippen LogP contribution in [0.5, 0.6) is 0 Å². The van der Waals surface area contributed by atoms with Crippen LogP contribution in [-0.4, -0.2) is 126 Å². The van der Waals surface area contributed by atoms with Crippen LogP contribution in [0.1, 0.15) is 45.4 Å². The molecule has 0 heterocycles. The Kier molecular flexibility index (Phi) is 51.6. The first kappa shape index (κ1) is 45.3. The number of hydrogen-bond donors (Lipinski definition) is 2. The number of aliphatic hydroxyl groups excluding tert-OH is 1. The predicted octanol–water partition coefficient (Wildman–Crippen LogP) is 1.09. The summed E-state index contributed by atoms with van der Waals surface area (Å²) in [6.45, 7) is 5.65. The summed E-state index contributed by atoms with van der Waals surface area (Å²) in [5, 5.41) is 25.7. The van der Waals surface area contributed by atoms with Gasteiger partial charge in [-0.1, -0.05) is 26.2 Å². The van der Waals surface area contributed by atoms with E-state index in [0.717, 1.165) is 26.5 Å². The van der Waals surface area contributed by atoms with E-state index in [1.165, 1.54) is 38.8 Å². The van der Waals surface area contributed by atoms with Gasteiger partial charge in [0.05, 0.1) is 0 Å². The van der Waals surface area contributed by atoms with Crippen molar-refractivity contribution < 1.29 is 49.5 Å². The third kappa shape index (κ3) is 59.0. The average molecular weight is 551 g/mol. The Morgan fingerprint density at radius 2 is 1.03 bits per heavy atom. The first-order valence-corrected chi connectivity index (χ1v) is 10.8. The number of hydrogen-bond acceptors (Lipinski definition) is 7. The van der Waals surface area contributed by atoms with E-state index in [1.54, 1.807) is 0 Å². The first-order chi connectivity index (χ1) is 13.4. The molecule has 7 nitrogen and oxygen atoms in total. The minimum absolute atomic E-state index is 0. The second-order valence-electron chi connectivity index (χ2n) is 8.51. The summed E-state index contributed by atoms with van der Waals surface area (Å²) >= 11 is 0. The molecule has 0 bridgehead atoms. The minimum Gasteiger partial charge on any atom is -0.857 e. The van der Waals surface area contributed by atoms with Crippen LogP contribution in [-0.2, 0) is 34.1 Å². The van der Waals surface area contributed by atoms with Crippen LogP contribution in [0.4, 0.5) is 0 Å². The number of rotatable bonds is 6. The van der Waals surface area contributed by atoms with Gasteiger partial charge in [-0.15, -0.1) is 0 Å². The summed E-state index contributed by atoms with van der Waals surface area (Å²) in [5.41, 5.74) is 0. The minimum atomic E-state index is -1.06. The van der Waals surface area contributed by atoms with E-state index in [4.69, 9.17) is 15.3 Å². The molecule has 0 aromatic carbocycles. The van der Waals surface area contributed by atoms with E-state index in [2.05, 4.69) is 63.9 Å². The van der Waals surface area contributed by atoms with Crippen LogP contribution >= 0.6 is 0 Å². The Morgan fingerprint density at radius 1 is 0.742 bits per heavy atom. The van der Waals surface area contributed by atoms with Crippen molar-refractivity contribution in [1.82, 2.24) is 19.6 Å². The van der Waals surface area contributed by atoms with Gasteiger partial charge in [0, 0.05) is 23.0 Å². The van der Waals surface area contributed by atoms with Gasteiger partial charge in [0.1, 0.15) is 0 Å². The largest absolute Gasteiger partial charge is 2.00 e. The van der Waals surface area contributed by atoms with E-state index in [9.17, 15) is 0 Å². The fourth-order valence-corrected chi connectivity index (χ4v) is 2.14. The zero-order valence-electron chi connectivity index (χ0n) is 22.2. The molecule has 0 aliphatic heterocycles. The summed E-state index contributed by atoms with van der Waals surface area (Å²) in [5.74, 6) is 0.166. The molecule has 2 radical (unpaired) electrons. The fraction of sp³-hybridized carbons (Fsp3) is 1.00. The first-order valence-electron chi connectivity index (χ1n) is 10.8. The Morgan fingerprint density at radius 3 is 1.19 bits per heavy atom. The number of aliphatic hydroxyl groups is 2. The van der Waals surface area contributed by atoms with Crippen LogP contribution in [0.25, 0.3) is 0 Å². The molecule has 1 aliphatic rings. The Labute approximate surface area is 216 Å². The normalized spacial score (nSPS) is 12.9. The van der Waals surface area contributed by atoms with Gasteiger partial charge in [0.2, 0.25) is 0 Å². The molecule has 0 atom stereocenters. The fourth-order valence-electron chi connectivity index (χ4n) is 2.14. The van der Waals surface area contributed by atoms with Crippen molar-refractivity contribution in [2.75, 3.05) is 90.2 Å². The SMILES string of the molecule is CCN(C)C.CN(C)C.CN(C)CCCN(C)C.C[O-].OC(O)C1CCCCC1.[Cu+2].[Cu]. The van der Waals surface area contributed by atoms with Crippen LogP contribution < -0.4 is 5.11 Å². The van der Waals surface area contributed by atoms with Gasteiger partial charge < -0.3 is 34.9 Å². The molecule has 1 saturated carbocycles. The van der Waals surface area contributed by atoms with Crippen molar-refractivity contribution in [2.24, 2.45) is 5.92 Å². The maximum absolute atomic E-state index is 8.73. The Bertz CT molecular complexity index is 271.